The van der Waals surface area contributed by atoms with Crippen LogP contribution in [0.3, 0.4) is 0 Å². The molecule has 1 atom stereocenters. The lowest BCUT2D eigenvalue weighted by Gasteiger charge is -2.37. The molecule has 15 heavy (non-hydrogen) atoms. The van der Waals surface area contributed by atoms with Gasteiger partial charge in [-0.05, 0) is 31.1 Å². The standard InChI is InChI=1S/C14H26O/c1-3-14(4-2)11-9-7-5-6-8-10-13(14)12-15/h12-13H,3-11H2,1-2H3. The molecule has 1 nitrogen and oxygen atoms in total. The van der Waals surface area contributed by atoms with Gasteiger partial charge < -0.3 is 4.79 Å². The molecule has 1 saturated carbocycles. The molecule has 1 rings (SSSR count). The Morgan fingerprint density at radius 1 is 1.07 bits per heavy atom. The van der Waals surface area contributed by atoms with Crippen molar-refractivity contribution >= 4 is 6.29 Å². The third kappa shape index (κ3) is 3.06. The van der Waals surface area contributed by atoms with E-state index in [0.717, 1.165) is 6.42 Å². The molecule has 0 saturated heterocycles. The number of rotatable bonds is 3. The van der Waals surface area contributed by atoms with Crippen LogP contribution in [0.4, 0.5) is 0 Å². The summed E-state index contributed by atoms with van der Waals surface area (Å²) >= 11 is 0. The molecule has 0 bridgehead atoms. The first kappa shape index (κ1) is 12.7. The lowest BCUT2D eigenvalue weighted by atomic mass is 9.67. The molecule has 0 heterocycles. The molecule has 0 aliphatic heterocycles. The first-order valence-electron chi connectivity index (χ1n) is 6.74. The second kappa shape index (κ2) is 6.30. The summed E-state index contributed by atoms with van der Waals surface area (Å²) in [6.07, 6.45) is 12.6. The average Bonchev–Trinajstić information content (AvgIpc) is 2.38. The van der Waals surface area contributed by atoms with E-state index >= 15 is 0 Å². The Labute approximate surface area is 94.6 Å². The molecule has 0 aromatic carbocycles. The normalized spacial score (nSPS) is 27.5. The highest BCUT2D eigenvalue weighted by Gasteiger charge is 2.34. The van der Waals surface area contributed by atoms with Gasteiger partial charge in [0.25, 0.3) is 0 Å². The van der Waals surface area contributed by atoms with Crippen LogP contribution in [0.25, 0.3) is 0 Å². The summed E-state index contributed by atoms with van der Waals surface area (Å²) in [5.74, 6) is 0.325. The number of hydrogen-bond acceptors (Lipinski definition) is 1. The Morgan fingerprint density at radius 2 is 1.67 bits per heavy atom. The summed E-state index contributed by atoms with van der Waals surface area (Å²) in [5.41, 5.74) is 0.325. The minimum atomic E-state index is 0.325. The zero-order valence-corrected chi connectivity index (χ0v) is 10.4. The zero-order valence-electron chi connectivity index (χ0n) is 10.4. The van der Waals surface area contributed by atoms with Crippen molar-refractivity contribution in [1.82, 2.24) is 0 Å². The highest BCUT2D eigenvalue weighted by molar-refractivity contribution is 5.55. The number of hydrogen-bond donors (Lipinski definition) is 0. The smallest absolute Gasteiger partial charge is 0.123 e. The Hall–Kier alpha value is -0.330. The van der Waals surface area contributed by atoms with E-state index in [-0.39, 0.29) is 0 Å². The van der Waals surface area contributed by atoms with Gasteiger partial charge in [0.15, 0.2) is 0 Å². The van der Waals surface area contributed by atoms with Gasteiger partial charge in [0.05, 0.1) is 0 Å². The van der Waals surface area contributed by atoms with Gasteiger partial charge in [-0.1, -0.05) is 46.0 Å². The summed E-state index contributed by atoms with van der Waals surface area (Å²) in [6.45, 7) is 4.52. The Balaban J connectivity index is 2.76. The van der Waals surface area contributed by atoms with E-state index in [1.54, 1.807) is 0 Å². The van der Waals surface area contributed by atoms with Gasteiger partial charge in [0.1, 0.15) is 6.29 Å². The van der Waals surface area contributed by atoms with Crippen LogP contribution in [0.15, 0.2) is 0 Å². The van der Waals surface area contributed by atoms with Crippen molar-refractivity contribution in [2.45, 2.75) is 71.6 Å². The lowest BCUT2D eigenvalue weighted by molar-refractivity contribution is -0.115. The first-order valence-corrected chi connectivity index (χ1v) is 6.74. The van der Waals surface area contributed by atoms with Crippen molar-refractivity contribution in [2.24, 2.45) is 11.3 Å². The molecule has 1 aliphatic carbocycles. The van der Waals surface area contributed by atoms with Crippen molar-refractivity contribution in [2.75, 3.05) is 0 Å². The third-order valence-corrected chi connectivity index (χ3v) is 4.55. The molecule has 88 valence electrons. The minimum absolute atomic E-state index is 0.325. The highest BCUT2D eigenvalue weighted by Crippen LogP contribution is 2.42. The van der Waals surface area contributed by atoms with E-state index in [1.165, 1.54) is 57.7 Å². The van der Waals surface area contributed by atoms with Crippen LogP contribution in [-0.4, -0.2) is 6.29 Å². The maximum atomic E-state index is 11.3. The minimum Gasteiger partial charge on any atom is -0.303 e. The van der Waals surface area contributed by atoms with Crippen LogP contribution in [0.2, 0.25) is 0 Å². The van der Waals surface area contributed by atoms with Crippen LogP contribution >= 0.6 is 0 Å². The van der Waals surface area contributed by atoms with E-state index in [0.29, 0.717) is 11.3 Å². The maximum Gasteiger partial charge on any atom is 0.123 e. The van der Waals surface area contributed by atoms with Gasteiger partial charge in [0.2, 0.25) is 0 Å². The number of carbonyl (C=O) groups is 1. The zero-order chi connectivity index (χ0) is 11.1. The fourth-order valence-corrected chi connectivity index (χ4v) is 3.20. The van der Waals surface area contributed by atoms with Gasteiger partial charge in [0, 0.05) is 5.92 Å². The summed E-state index contributed by atoms with van der Waals surface area (Å²) in [4.78, 5) is 11.3. The van der Waals surface area contributed by atoms with E-state index < -0.39 is 0 Å². The quantitative estimate of drug-likeness (QED) is 0.633. The molecular weight excluding hydrogens is 184 g/mol. The van der Waals surface area contributed by atoms with Crippen molar-refractivity contribution < 1.29 is 4.79 Å². The molecule has 1 fully saturated rings. The Bertz CT molecular complexity index is 182. The monoisotopic (exact) mass is 210 g/mol. The van der Waals surface area contributed by atoms with Crippen LogP contribution in [0.5, 0.6) is 0 Å². The molecule has 1 aliphatic rings. The van der Waals surface area contributed by atoms with Crippen LogP contribution in [0.1, 0.15) is 71.6 Å². The molecule has 0 spiro atoms. The van der Waals surface area contributed by atoms with E-state index in [1.807, 2.05) is 0 Å². The summed E-state index contributed by atoms with van der Waals surface area (Å²) < 4.78 is 0. The largest absolute Gasteiger partial charge is 0.303 e. The molecule has 0 aromatic rings. The molecule has 0 amide bonds. The second-order valence-corrected chi connectivity index (χ2v) is 5.12. The third-order valence-electron chi connectivity index (χ3n) is 4.55. The lowest BCUT2D eigenvalue weighted by Crippen LogP contribution is -2.30. The predicted molar refractivity (Wildman–Crippen MR) is 64.9 cm³/mol. The second-order valence-electron chi connectivity index (χ2n) is 5.12. The maximum absolute atomic E-state index is 11.3. The van der Waals surface area contributed by atoms with Gasteiger partial charge in [-0.3, -0.25) is 0 Å². The molecular formula is C14H26O. The molecule has 0 N–H and O–H groups in total. The fraction of sp³-hybridized carbons (Fsp3) is 0.929. The Kier molecular flexibility index (Phi) is 5.35. The molecule has 0 aromatic heterocycles. The number of carbonyl (C=O) groups excluding carboxylic acids is 1. The van der Waals surface area contributed by atoms with Crippen LogP contribution in [0, 0.1) is 11.3 Å². The SMILES string of the molecule is CCC1(CC)CCCCCCCC1C=O. The van der Waals surface area contributed by atoms with Crippen molar-refractivity contribution in [3.8, 4) is 0 Å². The predicted octanol–water partition coefficient (Wildman–Crippen LogP) is 4.35. The summed E-state index contributed by atoms with van der Waals surface area (Å²) in [5, 5.41) is 0. The van der Waals surface area contributed by atoms with Gasteiger partial charge in [-0.25, -0.2) is 0 Å². The van der Waals surface area contributed by atoms with Crippen LogP contribution in [-0.2, 0) is 4.79 Å². The molecule has 0 radical (unpaired) electrons. The summed E-state index contributed by atoms with van der Waals surface area (Å²) in [6, 6.07) is 0. The first-order chi connectivity index (χ1) is 7.29. The average molecular weight is 210 g/mol. The van der Waals surface area contributed by atoms with Crippen LogP contribution < -0.4 is 0 Å². The van der Waals surface area contributed by atoms with E-state index in [9.17, 15) is 4.79 Å². The fourth-order valence-electron chi connectivity index (χ4n) is 3.20. The van der Waals surface area contributed by atoms with E-state index in [4.69, 9.17) is 0 Å². The van der Waals surface area contributed by atoms with Crippen molar-refractivity contribution in [1.29, 1.82) is 0 Å². The van der Waals surface area contributed by atoms with Gasteiger partial charge >= 0.3 is 0 Å². The molecule has 1 heteroatoms. The van der Waals surface area contributed by atoms with Crippen molar-refractivity contribution in [3.63, 3.8) is 0 Å². The van der Waals surface area contributed by atoms with Gasteiger partial charge in [-0.15, -0.1) is 0 Å². The number of aldehydes is 1. The topological polar surface area (TPSA) is 17.1 Å². The highest BCUT2D eigenvalue weighted by atomic mass is 16.1. The van der Waals surface area contributed by atoms with Gasteiger partial charge in [-0.2, -0.15) is 0 Å². The van der Waals surface area contributed by atoms with E-state index in [2.05, 4.69) is 13.8 Å². The Morgan fingerprint density at radius 3 is 2.27 bits per heavy atom. The molecule has 1 unspecified atom stereocenters. The summed E-state index contributed by atoms with van der Waals surface area (Å²) in [7, 11) is 0. The van der Waals surface area contributed by atoms with Crippen molar-refractivity contribution in [3.05, 3.63) is 0 Å².